The Morgan fingerprint density at radius 3 is 2.45 bits per heavy atom. The first kappa shape index (κ1) is 23.0. The third kappa shape index (κ3) is 6.65. The molecule has 0 saturated carbocycles. The second kappa shape index (κ2) is 9.99. The van der Waals surface area contributed by atoms with Crippen molar-refractivity contribution in [2.75, 3.05) is 39.0 Å². The minimum atomic E-state index is -3.88. The molecule has 0 spiro atoms. The molecule has 0 radical (unpaired) electrons. The van der Waals surface area contributed by atoms with E-state index in [0.717, 1.165) is 6.07 Å². The molecule has 0 heterocycles. The molecule has 2 rings (SSSR count). The van der Waals surface area contributed by atoms with Gasteiger partial charge in [-0.15, -0.1) is 0 Å². The molecule has 0 aromatic heterocycles. The molecule has 0 amide bonds. The predicted molar refractivity (Wildman–Crippen MR) is 112 cm³/mol. The first-order chi connectivity index (χ1) is 13.6. The summed E-state index contributed by atoms with van der Waals surface area (Å²) in [6, 6.07) is 10.2. The van der Waals surface area contributed by atoms with E-state index in [1.807, 2.05) is 4.90 Å². The van der Waals surface area contributed by atoms with Crippen LogP contribution in [0.2, 0.25) is 5.02 Å². The van der Waals surface area contributed by atoms with E-state index in [1.165, 1.54) is 12.1 Å². The number of likely N-dealkylation sites (N-methyl/N-ethyl adjacent to an activating group) is 1. The van der Waals surface area contributed by atoms with Crippen molar-refractivity contribution in [3.05, 3.63) is 63.2 Å². The van der Waals surface area contributed by atoms with Crippen LogP contribution in [0.3, 0.4) is 0 Å². The molecule has 1 unspecified atom stereocenters. The number of nitro benzene ring substituents is 1. The van der Waals surface area contributed by atoms with Gasteiger partial charge in [0, 0.05) is 30.7 Å². The van der Waals surface area contributed by atoms with Gasteiger partial charge in [0.1, 0.15) is 5.69 Å². The van der Waals surface area contributed by atoms with Crippen LogP contribution < -0.4 is 10.0 Å². The molecule has 0 aliphatic rings. The first-order valence-electron chi connectivity index (χ1n) is 8.70. The molecule has 9 nitrogen and oxygen atoms in total. The van der Waals surface area contributed by atoms with E-state index >= 15 is 0 Å². The number of benzene rings is 2. The Bertz CT molecular complexity index is 951. The molecule has 1 atom stereocenters. The van der Waals surface area contributed by atoms with E-state index in [2.05, 4.69) is 10.0 Å². The minimum absolute atomic E-state index is 0.00431. The molecule has 2 aromatic carbocycles. The van der Waals surface area contributed by atoms with Gasteiger partial charge in [-0.1, -0.05) is 23.7 Å². The molecule has 158 valence electrons. The van der Waals surface area contributed by atoms with E-state index < -0.39 is 26.7 Å². The van der Waals surface area contributed by atoms with Crippen LogP contribution in [-0.2, 0) is 10.0 Å². The summed E-state index contributed by atoms with van der Waals surface area (Å²) in [6.07, 6.45) is -0.928. The maximum absolute atomic E-state index is 12.4. The molecule has 29 heavy (non-hydrogen) atoms. The molecular formula is C18H23ClN4O5S. The van der Waals surface area contributed by atoms with Crippen molar-refractivity contribution in [1.29, 1.82) is 0 Å². The van der Waals surface area contributed by atoms with E-state index in [4.69, 9.17) is 11.6 Å². The highest BCUT2D eigenvalue weighted by atomic mass is 35.5. The molecule has 3 N–H and O–H groups in total. The minimum Gasteiger partial charge on any atom is -0.387 e. The van der Waals surface area contributed by atoms with Gasteiger partial charge in [0.2, 0.25) is 10.0 Å². The fourth-order valence-electron chi connectivity index (χ4n) is 2.48. The number of nitrogens with zero attached hydrogens (tertiary/aromatic N) is 2. The van der Waals surface area contributed by atoms with Gasteiger partial charge in [0.05, 0.1) is 15.9 Å². The quantitative estimate of drug-likeness (QED) is 0.380. The lowest BCUT2D eigenvalue weighted by Crippen LogP contribution is -2.31. The van der Waals surface area contributed by atoms with Crippen molar-refractivity contribution < 1.29 is 18.4 Å². The average Bonchev–Trinajstić information content (AvgIpc) is 2.66. The third-order valence-corrected chi connectivity index (χ3v) is 5.78. The fraction of sp³-hybridized carbons (Fsp3) is 0.333. The smallest absolute Gasteiger partial charge is 0.293 e. The molecule has 0 saturated heterocycles. The summed E-state index contributed by atoms with van der Waals surface area (Å²) in [7, 11) is -0.271. The number of rotatable bonds is 10. The molecule has 0 aliphatic heterocycles. The summed E-state index contributed by atoms with van der Waals surface area (Å²) < 4.78 is 27.1. The summed E-state index contributed by atoms with van der Waals surface area (Å²) >= 11 is 5.81. The number of aliphatic hydroxyl groups excluding tert-OH is 1. The molecule has 0 aliphatic carbocycles. The van der Waals surface area contributed by atoms with Gasteiger partial charge in [-0.05, 0) is 43.9 Å². The van der Waals surface area contributed by atoms with Gasteiger partial charge in [-0.3, -0.25) is 10.1 Å². The maximum Gasteiger partial charge on any atom is 0.293 e. The number of nitrogens with one attached hydrogen (secondary N) is 2. The normalized spacial score (nSPS) is 12.7. The van der Waals surface area contributed by atoms with E-state index in [-0.39, 0.29) is 23.7 Å². The number of hydrogen-bond donors (Lipinski definition) is 3. The summed E-state index contributed by atoms with van der Waals surface area (Å²) in [5.74, 6) is 0. The van der Waals surface area contributed by atoms with Crippen LogP contribution in [0, 0.1) is 10.1 Å². The van der Waals surface area contributed by atoms with Gasteiger partial charge in [0.25, 0.3) is 5.69 Å². The standard InChI is InChI=1S/C18H23ClN4O5S/c1-22(2)10-9-21-29(27,28)15-7-8-16(17(11-15)23(25)26)20-12-18(24)13-3-5-14(19)6-4-13/h3-8,11,18,20-21,24H,9-10,12H2,1-2H3. The second-order valence-corrected chi connectivity index (χ2v) is 8.79. The van der Waals surface area contributed by atoms with Crippen molar-refractivity contribution in [2.45, 2.75) is 11.0 Å². The number of aliphatic hydroxyl groups is 1. The van der Waals surface area contributed by atoms with Crippen LogP contribution in [0.4, 0.5) is 11.4 Å². The van der Waals surface area contributed by atoms with Crippen LogP contribution in [0.15, 0.2) is 47.4 Å². The van der Waals surface area contributed by atoms with Gasteiger partial charge in [-0.2, -0.15) is 0 Å². The highest BCUT2D eigenvalue weighted by Crippen LogP contribution is 2.28. The lowest BCUT2D eigenvalue weighted by Gasteiger charge is -2.14. The summed E-state index contributed by atoms with van der Waals surface area (Å²) in [4.78, 5) is 12.4. The van der Waals surface area contributed by atoms with Crippen molar-refractivity contribution in [2.24, 2.45) is 0 Å². The Morgan fingerprint density at radius 2 is 1.86 bits per heavy atom. The number of sulfonamides is 1. The van der Waals surface area contributed by atoms with Gasteiger partial charge < -0.3 is 15.3 Å². The Labute approximate surface area is 174 Å². The molecule has 2 aromatic rings. The maximum atomic E-state index is 12.4. The SMILES string of the molecule is CN(C)CCNS(=O)(=O)c1ccc(NCC(O)c2ccc(Cl)cc2)c([N+](=O)[O-])c1. The highest BCUT2D eigenvalue weighted by Gasteiger charge is 2.22. The lowest BCUT2D eigenvalue weighted by molar-refractivity contribution is -0.384. The van der Waals surface area contributed by atoms with Crippen molar-refractivity contribution >= 4 is 33.0 Å². The Kier molecular flexibility index (Phi) is 7.94. The zero-order valence-corrected chi connectivity index (χ0v) is 17.6. The Morgan fingerprint density at radius 1 is 1.21 bits per heavy atom. The van der Waals surface area contributed by atoms with Crippen LogP contribution in [0.25, 0.3) is 0 Å². The zero-order valence-electron chi connectivity index (χ0n) is 16.0. The van der Waals surface area contributed by atoms with Gasteiger partial charge in [0.15, 0.2) is 0 Å². The van der Waals surface area contributed by atoms with E-state index in [9.17, 15) is 23.6 Å². The monoisotopic (exact) mass is 442 g/mol. The first-order valence-corrected chi connectivity index (χ1v) is 10.6. The van der Waals surface area contributed by atoms with Crippen LogP contribution in [0.5, 0.6) is 0 Å². The third-order valence-electron chi connectivity index (χ3n) is 4.07. The van der Waals surface area contributed by atoms with Gasteiger partial charge in [-0.25, -0.2) is 13.1 Å². The van der Waals surface area contributed by atoms with Crippen LogP contribution in [-0.4, -0.2) is 57.1 Å². The Hall–Kier alpha value is -2.24. The highest BCUT2D eigenvalue weighted by molar-refractivity contribution is 7.89. The molecular weight excluding hydrogens is 420 g/mol. The van der Waals surface area contributed by atoms with Gasteiger partial charge >= 0.3 is 0 Å². The van der Waals surface area contributed by atoms with E-state index in [0.29, 0.717) is 17.1 Å². The zero-order chi connectivity index (χ0) is 21.6. The fourth-order valence-corrected chi connectivity index (χ4v) is 3.64. The number of hydrogen-bond acceptors (Lipinski definition) is 7. The van der Waals surface area contributed by atoms with Crippen LogP contribution in [0.1, 0.15) is 11.7 Å². The summed E-state index contributed by atoms with van der Waals surface area (Å²) in [5, 5.41) is 25.0. The summed E-state index contributed by atoms with van der Waals surface area (Å²) in [6.45, 7) is 0.662. The van der Waals surface area contributed by atoms with Crippen molar-refractivity contribution in [3.63, 3.8) is 0 Å². The average molecular weight is 443 g/mol. The number of anilines is 1. The van der Waals surface area contributed by atoms with Crippen molar-refractivity contribution in [3.8, 4) is 0 Å². The molecule has 0 bridgehead atoms. The Balaban J connectivity index is 2.15. The summed E-state index contributed by atoms with van der Waals surface area (Å²) in [5.41, 5.74) is 0.299. The largest absolute Gasteiger partial charge is 0.387 e. The lowest BCUT2D eigenvalue weighted by atomic mass is 10.1. The van der Waals surface area contributed by atoms with Crippen LogP contribution >= 0.6 is 11.6 Å². The number of halogens is 1. The topological polar surface area (TPSA) is 125 Å². The number of nitro groups is 1. The molecule has 11 heteroatoms. The predicted octanol–water partition coefficient (Wildman–Crippen LogP) is 2.23. The van der Waals surface area contributed by atoms with Crippen molar-refractivity contribution in [1.82, 2.24) is 9.62 Å². The molecule has 0 fully saturated rings. The second-order valence-electron chi connectivity index (χ2n) is 6.59. The van der Waals surface area contributed by atoms with E-state index in [1.54, 1.807) is 38.4 Å².